The lowest BCUT2D eigenvalue weighted by molar-refractivity contribution is -0.142. The Balaban J connectivity index is 2.24. The molecule has 1 atom stereocenters. The molecule has 1 aliphatic heterocycles. The van der Waals surface area contributed by atoms with Gasteiger partial charge < -0.3 is 20.3 Å². The maximum atomic E-state index is 11.8. The SMILES string of the molecule is CCNC(=O)N1Cc2[nH]cnc2CC1C(=O)O. The molecule has 2 heterocycles. The molecule has 0 saturated carbocycles. The number of H-pyrrole nitrogens is 1. The normalized spacial score (nSPS) is 18.6. The largest absolute Gasteiger partial charge is 0.480 e. The van der Waals surface area contributed by atoms with Crippen molar-refractivity contribution in [3.63, 3.8) is 0 Å². The third kappa shape index (κ3) is 2.08. The number of nitrogens with one attached hydrogen (secondary N) is 2. The average Bonchev–Trinajstić information content (AvgIpc) is 2.74. The van der Waals surface area contributed by atoms with Crippen LogP contribution in [0.4, 0.5) is 4.79 Å². The third-order valence-corrected chi connectivity index (χ3v) is 2.77. The Morgan fingerprint density at radius 1 is 1.71 bits per heavy atom. The van der Waals surface area contributed by atoms with Crippen LogP contribution < -0.4 is 5.32 Å². The zero-order valence-corrected chi connectivity index (χ0v) is 9.43. The second-order valence-corrected chi connectivity index (χ2v) is 3.85. The van der Waals surface area contributed by atoms with Gasteiger partial charge in [0.2, 0.25) is 0 Å². The number of aromatic amines is 1. The van der Waals surface area contributed by atoms with Crippen molar-refractivity contribution in [2.24, 2.45) is 0 Å². The Labute approximate surface area is 97.8 Å². The second-order valence-electron chi connectivity index (χ2n) is 3.85. The first-order chi connectivity index (χ1) is 8.13. The van der Waals surface area contributed by atoms with E-state index in [1.807, 2.05) is 0 Å². The van der Waals surface area contributed by atoms with E-state index in [1.54, 1.807) is 6.92 Å². The third-order valence-electron chi connectivity index (χ3n) is 2.77. The summed E-state index contributed by atoms with van der Waals surface area (Å²) in [6.45, 7) is 2.51. The Morgan fingerprint density at radius 3 is 3.12 bits per heavy atom. The van der Waals surface area contributed by atoms with Crippen LogP contribution in [0.5, 0.6) is 0 Å². The van der Waals surface area contributed by atoms with Gasteiger partial charge in [0.25, 0.3) is 0 Å². The van der Waals surface area contributed by atoms with Gasteiger partial charge in [-0.2, -0.15) is 0 Å². The van der Waals surface area contributed by atoms with Crippen LogP contribution in [0.15, 0.2) is 6.33 Å². The topological polar surface area (TPSA) is 98.3 Å². The minimum Gasteiger partial charge on any atom is -0.480 e. The predicted octanol–water partition coefficient (Wildman–Crippen LogP) is -0.0495. The fraction of sp³-hybridized carbons (Fsp3) is 0.500. The van der Waals surface area contributed by atoms with Crippen molar-refractivity contribution in [3.05, 3.63) is 17.7 Å². The summed E-state index contributed by atoms with van der Waals surface area (Å²) in [6, 6.07) is -1.21. The highest BCUT2D eigenvalue weighted by Gasteiger charge is 2.35. The van der Waals surface area contributed by atoms with Gasteiger partial charge in [-0.15, -0.1) is 0 Å². The molecule has 2 amide bonds. The van der Waals surface area contributed by atoms with Gasteiger partial charge in [0.05, 0.1) is 24.3 Å². The minimum absolute atomic E-state index is 0.241. The quantitative estimate of drug-likeness (QED) is 0.672. The highest BCUT2D eigenvalue weighted by Crippen LogP contribution is 2.20. The van der Waals surface area contributed by atoms with Gasteiger partial charge in [-0.1, -0.05) is 0 Å². The molecule has 1 aliphatic rings. The monoisotopic (exact) mass is 238 g/mol. The molecule has 0 aliphatic carbocycles. The summed E-state index contributed by atoms with van der Waals surface area (Å²) in [5.41, 5.74) is 1.52. The molecule has 92 valence electrons. The maximum Gasteiger partial charge on any atom is 0.326 e. The fourth-order valence-corrected chi connectivity index (χ4v) is 1.92. The summed E-state index contributed by atoms with van der Waals surface area (Å²) < 4.78 is 0. The Kier molecular flexibility index (Phi) is 2.99. The van der Waals surface area contributed by atoms with Crippen molar-refractivity contribution in [1.29, 1.82) is 0 Å². The van der Waals surface area contributed by atoms with Gasteiger partial charge in [-0.25, -0.2) is 14.6 Å². The van der Waals surface area contributed by atoms with Crippen LogP contribution in [0.25, 0.3) is 0 Å². The second kappa shape index (κ2) is 4.44. The first-order valence-corrected chi connectivity index (χ1v) is 5.42. The number of amides is 2. The van der Waals surface area contributed by atoms with Crippen molar-refractivity contribution in [2.75, 3.05) is 6.54 Å². The standard InChI is InChI=1S/C10H14N4O3/c1-2-11-10(17)14-4-7-6(12-5-13-7)3-8(14)9(15)16/h5,8H,2-4H2,1H3,(H,11,17)(H,12,13)(H,15,16). The first kappa shape index (κ1) is 11.4. The van der Waals surface area contributed by atoms with E-state index in [-0.39, 0.29) is 19.0 Å². The molecule has 3 N–H and O–H groups in total. The lowest BCUT2D eigenvalue weighted by Crippen LogP contribution is -2.52. The van der Waals surface area contributed by atoms with Gasteiger partial charge in [0.1, 0.15) is 6.04 Å². The van der Waals surface area contributed by atoms with Crippen LogP contribution in [0, 0.1) is 0 Å². The van der Waals surface area contributed by atoms with Crippen LogP contribution in [0.1, 0.15) is 18.3 Å². The summed E-state index contributed by atoms with van der Waals surface area (Å²) in [5, 5.41) is 11.7. The number of rotatable bonds is 2. The Bertz CT molecular complexity index is 443. The molecule has 0 bridgehead atoms. The lowest BCUT2D eigenvalue weighted by atomic mass is 10.0. The molecular weight excluding hydrogens is 224 g/mol. The zero-order chi connectivity index (χ0) is 12.4. The van der Waals surface area contributed by atoms with Crippen LogP contribution in [-0.4, -0.2) is 44.6 Å². The number of carboxylic acid groups (broad SMARTS) is 1. The number of fused-ring (bicyclic) bond motifs is 1. The van der Waals surface area contributed by atoms with E-state index >= 15 is 0 Å². The minimum atomic E-state index is -1.01. The number of carbonyl (C=O) groups excluding carboxylic acids is 1. The van der Waals surface area contributed by atoms with Crippen LogP contribution in [0.3, 0.4) is 0 Å². The van der Waals surface area contributed by atoms with Crippen molar-refractivity contribution in [2.45, 2.75) is 25.9 Å². The Hall–Kier alpha value is -2.05. The molecule has 0 saturated heterocycles. The number of carbonyl (C=O) groups is 2. The number of hydrogen-bond donors (Lipinski definition) is 3. The highest BCUT2D eigenvalue weighted by molar-refractivity contribution is 5.83. The average molecular weight is 238 g/mol. The van der Waals surface area contributed by atoms with Gasteiger partial charge >= 0.3 is 12.0 Å². The van der Waals surface area contributed by atoms with E-state index in [2.05, 4.69) is 15.3 Å². The van der Waals surface area contributed by atoms with Gasteiger partial charge in [-0.05, 0) is 6.92 Å². The molecule has 1 aromatic heterocycles. The summed E-state index contributed by atoms with van der Waals surface area (Å²) >= 11 is 0. The number of hydrogen-bond acceptors (Lipinski definition) is 3. The molecule has 0 spiro atoms. The molecule has 1 aromatic rings. The number of carboxylic acids is 1. The summed E-state index contributed by atoms with van der Waals surface area (Å²) in [4.78, 5) is 31.2. The maximum absolute atomic E-state index is 11.8. The smallest absolute Gasteiger partial charge is 0.326 e. The van der Waals surface area contributed by atoms with Gasteiger partial charge in [0, 0.05) is 13.0 Å². The van der Waals surface area contributed by atoms with Crippen molar-refractivity contribution in [1.82, 2.24) is 20.2 Å². The fourth-order valence-electron chi connectivity index (χ4n) is 1.92. The number of nitrogens with zero attached hydrogens (tertiary/aromatic N) is 2. The number of aromatic nitrogens is 2. The van der Waals surface area contributed by atoms with E-state index in [4.69, 9.17) is 5.11 Å². The van der Waals surface area contributed by atoms with Crippen molar-refractivity contribution in [3.8, 4) is 0 Å². The first-order valence-electron chi connectivity index (χ1n) is 5.42. The van der Waals surface area contributed by atoms with Crippen molar-refractivity contribution >= 4 is 12.0 Å². The number of urea groups is 1. The molecule has 17 heavy (non-hydrogen) atoms. The molecule has 0 aromatic carbocycles. The van der Waals surface area contributed by atoms with E-state index in [0.29, 0.717) is 6.54 Å². The van der Waals surface area contributed by atoms with Crippen LogP contribution in [-0.2, 0) is 17.8 Å². The van der Waals surface area contributed by atoms with Crippen molar-refractivity contribution < 1.29 is 14.7 Å². The summed E-state index contributed by atoms with van der Waals surface area (Å²) in [6.07, 6.45) is 1.76. The Morgan fingerprint density at radius 2 is 2.47 bits per heavy atom. The van der Waals surface area contributed by atoms with E-state index < -0.39 is 12.0 Å². The summed E-state index contributed by atoms with van der Waals surface area (Å²) in [7, 11) is 0. The summed E-state index contributed by atoms with van der Waals surface area (Å²) in [5.74, 6) is -1.01. The molecule has 7 heteroatoms. The molecular formula is C10H14N4O3. The van der Waals surface area contributed by atoms with E-state index in [1.165, 1.54) is 11.2 Å². The lowest BCUT2D eigenvalue weighted by Gasteiger charge is -2.32. The van der Waals surface area contributed by atoms with E-state index in [0.717, 1.165) is 11.4 Å². The highest BCUT2D eigenvalue weighted by atomic mass is 16.4. The molecule has 1 unspecified atom stereocenters. The number of imidazole rings is 1. The predicted molar refractivity (Wildman–Crippen MR) is 58.3 cm³/mol. The van der Waals surface area contributed by atoms with Gasteiger partial charge in [-0.3, -0.25) is 0 Å². The van der Waals surface area contributed by atoms with Gasteiger partial charge in [0.15, 0.2) is 0 Å². The number of aliphatic carboxylic acids is 1. The van der Waals surface area contributed by atoms with Crippen LogP contribution >= 0.6 is 0 Å². The van der Waals surface area contributed by atoms with E-state index in [9.17, 15) is 9.59 Å². The molecule has 7 nitrogen and oxygen atoms in total. The molecule has 2 rings (SSSR count). The molecule has 0 radical (unpaired) electrons. The molecule has 0 fully saturated rings. The zero-order valence-electron chi connectivity index (χ0n) is 9.43. The van der Waals surface area contributed by atoms with Crippen LogP contribution in [0.2, 0.25) is 0 Å².